The van der Waals surface area contributed by atoms with Gasteiger partial charge in [-0.15, -0.1) is 0 Å². The van der Waals surface area contributed by atoms with E-state index in [1.165, 1.54) is 24.7 Å². The molecule has 0 radical (unpaired) electrons. The first-order chi connectivity index (χ1) is 13.1. The molecule has 0 aromatic heterocycles. The second-order valence-corrected chi connectivity index (χ2v) is 6.90. The zero-order valence-corrected chi connectivity index (χ0v) is 16.4. The highest BCUT2D eigenvalue weighted by molar-refractivity contribution is 6.31. The van der Waals surface area contributed by atoms with E-state index in [1.54, 1.807) is 18.3 Å². The number of hydrogen-bond donors (Lipinski definition) is 2. The number of nitrogens with one attached hydrogen (secondary N) is 1. The Morgan fingerprint density at radius 1 is 1.15 bits per heavy atom. The molecule has 0 spiro atoms. The van der Waals surface area contributed by atoms with Crippen molar-refractivity contribution in [1.29, 1.82) is 0 Å². The van der Waals surface area contributed by atoms with Crippen LogP contribution in [-0.2, 0) is 6.54 Å². The zero-order valence-electron chi connectivity index (χ0n) is 15.6. The van der Waals surface area contributed by atoms with E-state index in [2.05, 4.69) is 16.2 Å². The fraction of sp³-hybridized carbons (Fsp3) is 0.350. The van der Waals surface area contributed by atoms with Gasteiger partial charge < -0.3 is 19.5 Å². The van der Waals surface area contributed by atoms with Gasteiger partial charge in [0.2, 0.25) is 5.75 Å². The molecule has 1 aliphatic rings. The van der Waals surface area contributed by atoms with E-state index in [1.807, 2.05) is 18.2 Å². The van der Waals surface area contributed by atoms with Crippen molar-refractivity contribution in [3.63, 3.8) is 0 Å². The van der Waals surface area contributed by atoms with Gasteiger partial charge in [0.1, 0.15) is 6.54 Å². The summed E-state index contributed by atoms with van der Waals surface area (Å²) in [5, 5.41) is 17.4. The zero-order chi connectivity index (χ0) is 19.2. The van der Waals surface area contributed by atoms with Gasteiger partial charge in [0.25, 0.3) is 0 Å². The highest BCUT2D eigenvalue weighted by atomic mass is 35.5. The number of rotatable bonds is 6. The van der Waals surface area contributed by atoms with Gasteiger partial charge in [0, 0.05) is 16.1 Å². The molecule has 1 aliphatic heterocycles. The largest absolute Gasteiger partial charge is 0.502 e. The number of halogens is 1. The SMILES string of the molecule is COc1cc(C=NN2CC[NH+](Cc3ccccc3Cl)CC2)cc(OC)c1O. The van der Waals surface area contributed by atoms with E-state index < -0.39 is 0 Å². The molecule has 0 saturated carbocycles. The maximum atomic E-state index is 9.98. The lowest BCUT2D eigenvalue weighted by atomic mass is 10.2. The number of hydrazone groups is 1. The first kappa shape index (κ1) is 19.3. The molecule has 27 heavy (non-hydrogen) atoms. The standard InChI is InChI=1S/C20H24ClN3O3/c1-26-18-11-15(12-19(27-2)20(18)25)13-22-24-9-7-23(8-10-24)14-16-5-3-4-6-17(16)21/h3-6,11-13,25H,7-10,14H2,1-2H3/p+1. The van der Waals surface area contributed by atoms with Crippen molar-refractivity contribution >= 4 is 17.8 Å². The minimum Gasteiger partial charge on any atom is -0.502 e. The van der Waals surface area contributed by atoms with Crippen LogP contribution in [0.1, 0.15) is 11.1 Å². The summed E-state index contributed by atoms with van der Waals surface area (Å²) in [6.07, 6.45) is 1.77. The van der Waals surface area contributed by atoms with Crippen LogP contribution in [-0.4, -0.2) is 56.7 Å². The number of piperazine rings is 1. The normalized spacial score (nSPS) is 15.3. The van der Waals surface area contributed by atoms with Crippen LogP contribution in [0.25, 0.3) is 0 Å². The molecule has 2 N–H and O–H groups in total. The minimum absolute atomic E-state index is 0.00561. The molecule has 0 aliphatic carbocycles. The summed E-state index contributed by atoms with van der Waals surface area (Å²) < 4.78 is 10.4. The van der Waals surface area contributed by atoms with Gasteiger partial charge >= 0.3 is 0 Å². The number of nitrogens with zero attached hydrogens (tertiary/aromatic N) is 2. The van der Waals surface area contributed by atoms with Crippen LogP contribution in [0.4, 0.5) is 0 Å². The summed E-state index contributed by atoms with van der Waals surface area (Å²) >= 11 is 6.26. The Kier molecular flexibility index (Phi) is 6.42. The molecule has 1 heterocycles. The van der Waals surface area contributed by atoms with E-state index in [-0.39, 0.29) is 5.75 Å². The Labute approximate surface area is 164 Å². The summed E-state index contributed by atoms with van der Waals surface area (Å²) in [6, 6.07) is 11.5. The third-order valence-corrected chi connectivity index (χ3v) is 5.09. The maximum absolute atomic E-state index is 9.98. The van der Waals surface area contributed by atoms with E-state index in [0.29, 0.717) is 11.5 Å². The van der Waals surface area contributed by atoms with Crippen molar-refractivity contribution in [3.05, 3.63) is 52.5 Å². The Morgan fingerprint density at radius 2 is 1.78 bits per heavy atom. The van der Waals surface area contributed by atoms with Gasteiger partial charge in [0.15, 0.2) is 11.5 Å². The fourth-order valence-electron chi connectivity index (χ4n) is 3.15. The minimum atomic E-state index is -0.00561. The molecule has 0 bridgehead atoms. The van der Waals surface area contributed by atoms with E-state index in [4.69, 9.17) is 21.1 Å². The number of benzene rings is 2. The lowest BCUT2D eigenvalue weighted by Crippen LogP contribution is -3.13. The maximum Gasteiger partial charge on any atom is 0.200 e. The number of phenolic OH excluding ortho intramolecular Hbond substituents is 1. The molecule has 0 atom stereocenters. The van der Waals surface area contributed by atoms with Crippen LogP contribution < -0.4 is 14.4 Å². The molecule has 0 amide bonds. The summed E-state index contributed by atoms with van der Waals surface area (Å²) in [7, 11) is 3.02. The predicted molar refractivity (Wildman–Crippen MR) is 106 cm³/mol. The Hall–Kier alpha value is -2.44. The molecule has 2 aromatic rings. The van der Waals surface area contributed by atoms with Crippen molar-refractivity contribution in [3.8, 4) is 17.2 Å². The lowest BCUT2D eigenvalue weighted by molar-refractivity contribution is -0.918. The summed E-state index contributed by atoms with van der Waals surface area (Å²) in [5.74, 6) is 0.726. The fourth-order valence-corrected chi connectivity index (χ4v) is 3.35. The number of phenols is 1. The smallest absolute Gasteiger partial charge is 0.200 e. The number of ether oxygens (including phenoxy) is 2. The first-order valence-corrected chi connectivity index (χ1v) is 9.29. The quantitative estimate of drug-likeness (QED) is 0.738. The molecule has 144 valence electrons. The van der Waals surface area contributed by atoms with E-state index >= 15 is 0 Å². The van der Waals surface area contributed by atoms with Crippen LogP contribution in [0, 0.1) is 0 Å². The first-order valence-electron chi connectivity index (χ1n) is 8.91. The van der Waals surface area contributed by atoms with Gasteiger partial charge in [-0.05, 0) is 18.2 Å². The molecule has 1 fully saturated rings. The number of aromatic hydroxyl groups is 1. The predicted octanol–water partition coefficient (Wildman–Crippen LogP) is 1.80. The Bertz CT molecular complexity index is 780. The highest BCUT2D eigenvalue weighted by Gasteiger charge is 2.19. The van der Waals surface area contributed by atoms with Gasteiger partial charge in [0.05, 0.1) is 46.6 Å². The van der Waals surface area contributed by atoms with Crippen LogP contribution in [0.3, 0.4) is 0 Å². The number of quaternary nitrogens is 1. The van der Waals surface area contributed by atoms with Crippen molar-refractivity contribution in [1.82, 2.24) is 5.01 Å². The monoisotopic (exact) mass is 390 g/mol. The topological polar surface area (TPSA) is 58.7 Å². The van der Waals surface area contributed by atoms with Gasteiger partial charge in [-0.3, -0.25) is 5.01 Å². The molecule has 1 saturated heterocycles. The third kappa shape index (κ3) is 4.84. The van der Waals surface area contributed by atoms with E-state index in [9.17, 15) is 5.11 Å². The Balaban J connectivity index is 1.58. The van der Waals surface area contributed by atoms with Gasteiger partial charge in [-0.25, -0.2) is 0 Å². The molecule has 2 aromatic carbocycles. The van der Waals surface area contributed by atoms with Crippen LogP contribution in [0.5, 0.6) is 17.2 Å². The molecular formula is C20H25ClN3O3+. The molecule has 0 unspecified atom stereocenters. The van der Waals surface area contributed by atoms with Crippen molar-refractivity contribution < 1.29 is 19.5 Å². The molecule has 6 nitrogen and oxygen atoms in total. The van der Waals surface area contributed by atoms with E-state index in [0.717, 1.165) is 43.3 Å². The van der Waals surface area contributed by atoms with Crippen LogP contribution in [0.2, 0.25) is 5.02 Å². The molecular weight excluding hydrogens is 366 g/mol. The third-order valence-electron chi connectivity index (χ3n) is 4.72. The van der Waals surface area contributed by atoms with Crippen molar-refractivity contribution in [2.45, 2.75) is 6.54 Å². The summed E-state index contributed by atoms with van der Waals surface area (Å²) in [5.41, 5.74) is 2.00. The second kappa shape index (κ2) is 8.97. The summed E-state index contributed by atoms with van der Waals surface area (Å²) in [4.78, 5) is 1.50. The van der Waals surface area contributed by atoms with Crippen molar-refractivity contribution in [2.75, 3.05) is 40.4 Å². The van der Waals surface area contributed by atoms with Gasteiger partial charge in [-0.1, -0.05) is 29.8 Å². The number of methoxy groups -OCH3 is 2. The average molecular weight is 391 g/mol. The second-order valence-electron chi connectivity index (χ2n) is 6.49. The average Bonchev–Trinajstić information content (AvgIpc) is 2.70. The lowest BCUT2D eigenvalue weighted by Gasteiger charge is -2.30. The molecule has 3 rings (SSSR count). The molecule has 7 heteroatoms. The van der Waals surface area contributed by atoms with Crippen molar-refractivity contribution in [2.24, 2.45) is 5.10 Å². The highest BCUT2D eigenvalue weighted by Crippen LogP contribution is 2.36. The van der Waals surface area contributed by atoms with Crippen LogP contribution >= 0.6 is 11.6 Å². The number of hydrogen-bond acceptors (Lipinski definition) is 5. The summed E-state index contributed by atoms with van der Waals surface area (Å²) in [6.45, 7) is 4.70. The Morgan fingerprint density at radius 3 is 2.37 bits per heavy atom. The van der Waals surface area contributed by atoms with Crippen LogP contribution in [0.15, 0.2) is 41.5 Å². The van der Waals surface area contributed by atoms with Gasteiger partial charge in [-0.2, -0.15) is 5.10 Å².